The third kappa shape index (κ3) is 6.64. The van der Waals surface area contributed by atoms with Crippen molar-refractivity contribution in [1.82, 2.24) is 0 Å². The average Bonchev–Trinajstić information content (AvgIpc) is 2.28. The van der Waals surface area contributed by atoms with Gasteiger partial charge in [-0.15, -0.1) is 0 Å². The molecule has 1 rings (SSSR count). The highest BCUT2D eigenvalue weighted by molar-refractivity contribution is 5.00. The molecule has 0 unspecified atom stereocenters. The molecule has 1 aliphatic rings. The quantitative estimate of drug-likeness (QED) is 0.488. The molecule has 0 bridgehead atoms. The molecule has 0 radical (unpaired) electrons. The molecule has 2 heteroatoms. The van der Waals surface area contributed by atoms with Crippen molar-refractivity contribution in [3.8, 4) is 0 Å². The fourth-order valence-corrected chi connectivity index (χ4v) is 1.83. The van der Waals surface area contributed by atoms with Gasteiger partial charge in [-0.25, -0.2) is 0 Å². The summed E-state index contributed by atoms with van der Waals surface area (Å²) in [5.74, 6) is 0. The molecule has 0 spiro atoms. The Morgan fingerprint density at radius 3 is 2.94 bits per heavy atom. The molecule has 0 N–H and O–H groups in total. The van der Waals surface area contributed by atoms with Crippen molar-refractivity contribution >= 4 is 0 Å². The zero-order chi connectivity index (χ0) is 12.5. The first kappa shape index (κ1) is 14.5. The topological polar surface area (TPSA) is 18.5 Å². The van der Waals surface area contributed by atoms with Gasteiger partial charge in [0.05, 0.1) is 12.2 Å². The Morgan fingerprint density at radius 2 is 2.24 bits per heavy atom. The standard InChI is InChI=1S/C15H26O2/c1-4-5-6-7-8-10-14-11-9-12-15(17-14)16-13(2)3/h8-10,12-15H,4-7,11H2,1-3H3/b10-8-/t14-,15+/m1/s1. The Kier molecular flexibility index (Phi) is 7.22. The molecule has 0 saturated heterocycles. The van der Waals surface area contributed by atoms with Gasteiger partial charge in [0.2, 0.25) is 0 Å². The Morgan fingerprint density at radius 1 is 1.41 bits per heavy atom. The van der Waals surface area contributed by atoms with Crippen LogP contribution in [0.15, 0.2) is 24.3 Å². The maximum absolute atomic E-state index is 5.81. The van der Waals surface area contributed by atoms with Crippen LogP contribution in [-0.4, -0.2) is 18.5 Å². The van der Waals surface area contributed by atoms with Crippen molar-refractivity contribution in [2.45, 2.75) is 71.4 Å². The fraction of sp³-hybridized carbons (Fsp3) is 0.733. The Bertz CT molecular complexity index is 243. The summed E-state index contributed by atoms with van der Waals surface area (Å²) in [6.45, 7) is 6.29. The van der Waals surface area contributed by atoms with Gasteiger partial charge in [-0.1, -0.05) is 38.0 Å². The van der Waals surface area contributed by atoms with Gasteiger partial charge in [-0.2, -0.15) is 0 Å². The van der Waals surface area contributed by atoms with Crippen molar-refractivity contribution in [3.63, 3.8) is 0 Å². The largest absolute Gasteiger partial charge is 0.346 e. The minimum Gasteiger partial charge on any atom is -0.346 e. The normalized spacial score (nSPS) is 24.9. The zero-order valence-corrected chi connectivity index (χ0v) is 11.4. The van der Waals surface area contributed by atoms with E-state index in [9.17, 15) is 0 Å². The molecular weight excluding hydrogens is 212 g/mol. The molecule has 2 nitrogen and oxygen atoms in total. The summed E-state index contributed by atoms with van der Waals surface area (Å²) >= 11 is 0. The maximum Gasteiger partial charge on any atom is 0.177 e. The van der Waals surface area contributed by atoms with E-state index in [2.05, 4.69) is 25.2 Å². The highest BCUT2D eigenvalue weighted by atomic mass is 16.7. The number of hydrogen-bond donors (Lipinski definition) is 0. The van der Waals surface area contributed by atoms with Gasteiger partial charge in [0.25, 0.3) is 0 Å². The lowest BCUT2D eigenvalue weighted by Crippen LogP contribution is -2.27. The second-order valence-electron chi connectivity index (χ2n) is 4.82. The van der Waals surface area contributed by atoms with Crippen molar-refractivity contribution in [2.24, 2.45) is 0 Å². The van der Waals surface area contributed by atoms with E-state index >= 15 is 0 Å². The molecule has 0 aliphatic carbocycles. The van der Waals surface area contributed by atoms with Crippen LogP contribution in [0, 0.1) is 0 Å². The van der Waals surface area contributed by atoms with Crippen LogP contribution in [0.2, 0.25) is 0 Å². The van der Waals surface area contributed by atoms with Crippen molar-refractivity contribution in [1.29, 1.82) is 0 Å². The van der Waals surface area contributed by atoms with Gasteiger partial charge in [-0.3, -0.25) is 0 Å². The minimum absolute atomic E-state index is 0.172. The summed E-state index contributed by atoms with van der Waals surface area (Å²) in [6.07, 6.45) is 14.8. The second-order valence-corrected chi connectivity index (χ2v) is 4.82. The summed E-state index contributed by atoms with van der Waals surface area (Å²) < 4.78 is 11.4. The van der Waals surface area contributed by atoms with E-state index in [0.717, 1.165) is 12.8 Å². The smallest absolute Gasteiger partial charge is 0.177 e. The zero-order valence-electron chi connectivity index (χ0n) is 11.4. The van der Waals surface area contributed by atoms with E-state index in [1.165, 1.54) is 19.3 Å². The van der Waals surface area contributed by atoms with Gasteiger partial charge in [0, 0.05) is 0 Å². The van der Waals surface area contributed by atoms with E-state index in [0.29, 0.717) is 0 Å². The van der Waals surface area contributed by atoms with Gasteiger partial charge in [0.1, 0.15) is 0 Å². The lowest BCUT2D eigenvalue weighted by molar-refractivity contribution is -0.154. The monoisotopic (exact) mass is 238 g/mol. The van der Waals surface area contributed by atoms with Crippen molar-refractivity contribution < 1.29 is 9.47 Å². The molecule has 1 heterocycles. The van der Waals surface area contributed by atoms with Gasteiger partial charge in [0.15, 0.2) is 6.29 Å². The number of hydrogen-bond acceptors (Lipinski definition) is 2. The molecule has 0 aromatic carbocycles. The lowest BCUT2D eigenvalue weighted by Gasteiger charge is -2.25. The molecule has 0 aromatic rings. The number of ether oxygens (including phenoxy) is 2. The van der Waals surface area contributed by atoms with E-state index < -0.39 is 0 Å². The number of allylic oxidation sites excluding steroid dienone is 1. The van der Waals surface area contributed by atoms with Crippen LogP contribution in [0.1, 0.15) is 52.9 Å². The van der Waals surface area contributed by atoms with Crippen LogP contribution in [0.3, 0.4) is 0 Å². The highest BCUT2D eigenvalue weighted by Crippen LogP contribution is 2.16. The molecular formula is C15H26O2. The summed E-state index contributed by atoms with van der Waals surface area (Å²) in [4.78, 5) is 0. The minimum atomic E-state index is -0.172. The Hall–Kier alpha value is -0.600. The average molecular weight is 238 g/mol. The first-order valence-electron chi connectivity index (χ1n) is 6.86. The number of rotatable bonds is 7. The van der Waals surface area contributed by atoms with Crippen LogP contribution >= 0.6 is 0 Å². The predicted octanol–water partition coefficient (Wildman–Crippen LogP) is 4.22. The van der Waals surface area contributed by atoms with Crippen LogP contribution in [0.25, 0.3) is 0 Å². The van der Waals surface area contributed by atoms with E-state index in [1.54, 1.807) is 0 Å². The Balaban J connectivity index is 2.24. The first-order chi connectivity index (χ1) is 8.22. The van der Waals surface area contributed by atoms with Crippen LogP contribution in [-0.2, 0) is 9.47 Å². The SMILES string of the molecule is CCCCC/C=C\[C@@H]1CC=C[C@@H](OC(C)C)O1. The number of unbranched alkanes of at least 4 members (excludes halogenated alkanes) is 3. The molecule has 0 amide bonds. The molecule has 1 aliphatic heterocycles. The summed E-state index contributed by atoms with van der Waals surface area (Å²) in [7, 11) is 0. The summed E-state index contributed by atoms with van der Waals surface area (Å²) in [5.41, 5.74) is 0. The van der Waals surface area contributed by atoms with Gasteiger partial charge >= 0.3 is 0 Å². The predicted molar refractivity (Wildman–Crippen MR) is 71.9 cm³/mol. The molecule has 0 saturated carbocycles. The van der Waals surface area contributed by atoms with Gasteiger partial charge in [-0.05, 0) is 39.2 Å². The molecule has 0 fully saturated rings. The summed E-state index contributed by atoms with van der Waals surface area (Å²) in [5, 5.41) is 0. The summed E-state index contributed by atoms with van der Waals surface area (Å²) in [6, 6.07) is 0. The van der Waals surface area contributed by atoms with Crippen LogP contribution < -0.4 is 0 Å². The highest BCUT2D eigenvalue weighted by Gasteiger charge is 2.16. The van der Waals surface area contributed by atoms with Crippen LogP contribution in [0.5, 0.6) is 0 Å². The lowest BCUT2D eigenvalue weighted by atomic mass is 10.1. The first-order valence-corrected chi connectivity index (χ1v) is 6.86. The molecule has 17 heavy (non-hydrogen) atoms. The molecule has 0 aromatic heterocycles. The van der Waals surface area contributed by atoms with E-state index in [1.807, 2.05) is 19.9 Å². The molecule has 98 valence electrons. The third-order valence-corrected chi connectivity index (χ3v) is 2.70. The fourth-order valence-electron chi connectivity index (χ4n) is 1.83. The maximum atomic E-state index is 5.81. The van der Waals surface area contributed by atoms with E-state index in [-0.39, 0.29) is 18.5 Å². The van der Waals surface area contributed by atoms with Crippen molar-refractivity contribution in [3.05, 3.63) is 24.3 Å². The van der Waals surface area contributed by atoms with Crippen molar-refractivity contribution in [2.75, 3.05) is 0 Å². The third-order valence-electron chi connectivity index (χ3n) is 2.70. The second kappa shape index (κ2) is 8.48. The Labute approximate surface area is 106 Å². The molecule has 2 atom stereocenters. The van der Waals surface area contributed by atoms with Gasteiger partial charge < -0.3 is 9.47 Å². The van der Waals surface area contributed by atoms with Crippen LogP contribution in [0.4, 0.5) is 0 Å². The van der Waals surface area contributed by atoms with E-state index in [4.69, 9.17) is 9.47 Å².